The zero-order valence-corrected chi connectivity index (χ0v) is 9.63. The zero-order chi connectivity index (χ0) is 11.5. The smallest absolute Gasteiger partial charge is 0.163 e. The van der Waals surface area contributed by atoms with Crippen LogP contribution in [0.25, 0.3) is 0 Å². The first-order chi connectivity index (χ1) is 7.65. The molecule has 0 radical (unpaired) electrons. The van der Waals surface area contributed by atoms with Gasteiger partial charge >= 0.3 is 0 Å². The zero-order valence-electron chi connectivity index (χ0n) is 9.63. The fourth-order valence-electron chi connectivity index (χ4n) is 2.49. The van der Waals surface area contributed by atoms with Gasteiger partial charge in [-0.3, -0.25) is 4.79 Å². The molecule has 0 unspecified atom stereocenters. The van der Waals surface area contributed by atoms with Crippen LogP contribution in [0.2, 0.25) is 0 Å². The first-order valence-electron chi connectivity index (χ1n) is 5.95. The maximum absolute atomic E-state index is 13.1. The van der Waals surface area contributed by atoms with Crippen molar-refractivity contribution in [1.82, 2.24) is 0 Å². The number of ketones is 1. The summed E-state index contributed by atoms with van der Waals surface area (Å²) in [5.41, 5.74) is 1.35. The van der Waals surface area contributed by atoms with Crippen LogP contribution in [-0.4, -0.2) is 5.78 Å². The van der Waals surface area contributed by atoms with Crippen molar-refractivity contribution in [3.05, 3.63) is 35.1 Å². The van der Waals surface area contributed by atoms with Gasteiger partial charge in [0.25, 0.3) is 0 Å². The van der Waals surface area contributed by atoms with Gasteiger partial charge in [-0.1, -0.05) is 25.7 Å². The van der Waals surface area contributed by atoms with Gasteiger partial charge in [-0.25, -0.2) is 4.39 Å². The third kappa shape index (κ3) is 2.69. The van der Waals surface area contributed by atoms with Crippen LogP contribution in [0.5, 0.6) is 0 Å². The first-order valence-corrected chi connectivity index (χ1v) is 5.95. The third-order valence-corrected chi connectivity index (χ3v) is 3.31. The Hall–Kier alpha value is -1.18. The van der Waals surface area contributed by atoms with Gasteiger partial charge in [-0.15, -0.1) is 0 Å². The lowest BCUT2D eigenvalue weighted by atomic mass is 9.96. The topological polar surface area (TPSA) is 17.1 Å². The molecular formula is C14H17FO. The summed E-state index contributed by atoms with van der Waals surface area (Å²) in [5.74, 6) is 0.306. The number of benzene rings is 1. The summed E-state index contributed by atoms with van der Waals surface area (Å²) in [4.78, 5) is 11.9. The summed E-state index contributed by atoms with van der Waals surface area (Å²) in [6, 6.07) is 4.58. The highest BCUT2D eigenvalue weighted by Gasteiger charge is 2.19. The molecule has 2 heteroatoms. The number of carbonyl (C=O) groups is 1. The predicted octanol–water partition coefficient (Wildman–Crippen LogP) is 3.90. The Balaban J connectivity index is 2.07. The molecule has 0 aromatic heterocycles. The van der Waals surface area contributed by atoms with E-state index in [-0.39, 0.29) is 11.6 Å². The molecule has 0 bridgehead atoms. The maximum Gasteiger partial charge on any atom is 0.163 e. The molecule has 16 heavy (non-hydrogen) atoms. The van der Waals surface area contributed by atoms with E-state index in [0.717, 1.165) is 18.4 Å². The highest BCUT2D eigenvalue weighted by Crippen LogP contribution is 2.28. The Morgan fingerprint density at radius 3 is 2.62 bits per heavy atom. The fourth-order valence-corrected chi connectivity index (χ4v) is 2.49. The lowest BCUT2D eigenvalue weighted by molar-refractivity contribution is 0.0961. The molecule has 86 valence electrons. The minimum absolute atomic E-state index is 0.0921. The van der Waals surface area contributed by atoms with E-state index < -0.39 is 0 Å². The number of halogens is 1. The quantitative estimate of drug-likeness (QED) is 0.706. The summed E-state index contributed by atoms with van der Waals surface area (Å²) in [5, 5.41) is 0. The molecule has 1 fully saturated rings. The summed E-state index contributed by atoms with van der Waals surface area (Å²) in [7, 11) is 0. The number of Topliss-reactive ketones (excluding diaryl/α,β-unsaturated/α-hetero) is 1. The van der Waals surface area contributed by atoms with Gasteiger partial charge < -0.3 is 0 Å². The largest absolute Gasteiger partial charge is 0.294 e. The van der Waals surface area contributed by atoms with E-state index in [0.29, 0.717) is 17.9 Å². The maximum atomic E-state index is 13.1. The minimum Gasteiger partial charge on any atom is -0.294 e. The molecule has 0 saturated heterocycles. The van der Waals surface area contributed by atoms with Gasteiger partial charge in [0, 0.05) is 12.0 Å². The third-order valence-electron chi connectivity index (χ3n) is 3.31. The van der Waals surface area contributed by atoms with E-state index in [1.807, 2.05) is 6.92 Å². The second-order valence-electron chi connectivity index (χ2n) is 4.80. The van der Waals surface area contributed by atoms with Gasteiger partial charge in [0.15, 0.2) is 5.78 Å². The van der Waals surface area contributed by atoms with Gasteiger partial charge in [-0.05, 0) is 36.6 Å². The molecular weight excluding hydrogens is 203 g/mol. The van der Waals surface area contributed by atoms with E-state index in [2.05, 4.69) is 0 Å². The van der Waals surface area contributed by atoms with Gasteiger partial charge in [-0.2, -0.15) is 0 Å². The number of aryl methyl sites for hydroxylation is 1. The highest BCUT2D eigenvalue weighted by molar-refractivity contribution is 5.96. The highest BCUT2D eigenvalue weighted by atomic mass is 19.1. The lowest BCUT2D eigenvalue weighted by Gasteiger charge is -2.08. The standard InChI is InChI=1S/C14H17FO/c1-10-6-12(9-13(15)7-10)14(16)8-11-4-2-3-5-11/h6-7,9,11H,2-5,8H2,1H3. The molecule has 1 aromatic rings. The summed E-state index contributed by atoms with van der Waals surface area (Å²) in [6.07, 6.45) is 5.36. The summed E-state index contributed by atoms with van der Waals surface area (Å²) >= 11 is 0. The Morgan fingerprint density at radius 1 is 1.31 bits per heavy atom. The van der Waals surface area contributed by atoms with Crippen molar-refractivity contribution in [3.8, 4) is 0 Å². The lowest BCUT2D eigenvalue weighted by Crippen LogP contribution is -2.06. The number of hydrogen-bond acceptors (Lipinski definition) is 1. The molecule has 1 aromatic carbocycles. The van der Waals surface area contributed by atoms with Crippen LogP contribution in [0.15, 0.2) is 18.2 Å². The molecule has 0 N–H and O–H groups in total. The van der Waals surface area contributed by atoms with Crippen molar-refractivity contribution in [2.45, 2.75) is 39.0 Å². The Kier molecular flexibility index (Phi) is 3.37. The average molecular weight is 220 g/mol. The SMILES string of the molecule is Cc1cc(F)cc(C(=O)CC2CCCC2)c1. The van der Waals surface area contributed by atoms with Crippen LogP contribution in [0, 0.1) is 18.7 Å². The molecule has 0 amide bonds. The van der Waals surface area contributed by atoms with E-state index in [4.69, 9.17) is 0 Å². The van der Waals surface area contributed by atoms with Crippen LogP contribution >= 0.6 is 0 Å². The summed E-state index contributed by atoms with van der Waals surface area (Å²) < 4.78 is 13.1. The molecule has 0 atom stereocenters. The van der Waals surface area contributed by atoms with Gasteiger partial charge in [0.2, 0.25) is 0 Å². The minimum atomic E-state index is -0.310. The van der Waals surface area contributed by atoms with E-state index in [1.54, 1.807) is 6.07 Å². The first kappa shape index (κ1) is 11.3. The van der Waals surface area contributed by atoms with Crippen LogP contribution in [0.3, 0.4) is 0 Å². The van der Waals surface area contributed by atoms with E-state index >= 15 is 0 Å². The van der Waals surface area contributed by atoms with Crippen LogP contribution in [0.1, 0.15) is 48.0 Å². The number of carbonyl (C=O) groups excluding carboxylic acids is 1. The average Bonchev–Trinajstić information content (AvgIpc) is 2.68. The van der Waals surface area contributed by atoms with Crippen LogP contribution in [0.4, 0.5) is 4.39 Å². The van der Waals surface area contributed by atoms with E-state index in [9.17, 15) is 9.18 Å². The number of rotatable bonds is 3. The number of hydrogen-bond donors (Lipinski definition) is 0. The van der Waals surface area contributed by atoms with Crippen molar-refractivity contribution in [2.75, 3.05) is 0 Å². The fraction of sp³-hybridized carbons (Fsp3) is 0.500. The van der Waals surface area contributed by atoms with E-state index in [1.165, 1.54) is 25.0 Å². The van der Waals surface area contributed by atoms with Gasteiger partial charge in [0.1, 0.15) is 5.82 Å². The van der Waals surface area contributed by atoms with Crippen molar-refractivity contribution in [1.29, 1.82) is 0 Å². The molecule has 1 nitrogen and oxygen atoms in total. The van der Waals surface area contributed by atoms with Gasteiger partial charge in [0.05, 0.1) is 0 Å². The molecule has 1 aliphatic carbocycles. The molecule has 1 aliphatic rings. The van der Waals surface area contributed by atoms with Crippen molar-refractivity contribution < 1.29 is 9.18 Å². The Morgan fingerprint density at radius 2 is 2.00 bits per heavy atom. The summed E-state index contributed by atoms with van der Waals surface area (Å²) in [6.45, 7) is 1.81. The molecule has 0 aliphatic heterocycles. The normalized spacial score (nSPS) is 16.6. The van der Waals surface area contributed by atoms with Crippen molar-refractivity contribution >= 4 is 5.78 Å². The molecule has 1 saturated carbocycles. The van der Waals surface area contributed by atoms with Crippen LogP contribution < -0.4 is 0 Å². The monoisotopic (exact) mass is 220 g/mol. The Labute approximate surface area is 95.7 Å². The molecule has 0 spiro atoms. The Bertz CT molecular complexity index is 371. The molecule has 2 rings (SSSR count). The van der Waals surface area contributed by atoms with Crippen molar-refractivity contribution in [3.63, 3.8) is 0 Å². The molecule has 0 heterocycles. The van der Waals surface area contributed by atoms with Crippen molar-refractivity contribution in [2.24, 2.45) is 5.92 Å². The van der Waals surface area contributed by atoms with Crippen LogP contribution in [-0.2, 0) is 0 Å². The predicted molar refractivity (Wildman–Crippen MR) is 62.0 cm³/mol. The second-order valence-corrected chi connectivity index (χ2v) is 4.80. The second kappa shape index (κ2) is 4.77.